The minimum Gasteiger partial charge on any atom is -0.363 e. The number of ketones is 1. The first-order chi connectivity index (χ1) is 12.6. The first-order valence-electron chi connectivity index (χ1n) is 7.65. The number of carbonyl (C=O) groups excluding carboxylic acids is 3. The quantitative estimate of drug-likeness (QED) is 0.733. The molecule has 2 amide bonds. The van der Waals surface area contributed by atoms with Crippen LogP contribution in [0.15, 0.2) is 48.5 Å². The number of benzene rings is 2. The van der Waals surface area contributed by atoms with Crippen molar-refractivity contribution in [2.45, 2.75) is 18.6 Å². The number of amides is 2. The van der Waals surface area contributed by atoms with E-state index in [-0.39, 0.29) is 6.42 Å². The van der Waals surface area contributed by atoms with Gasteiger partial charge in [-0.2, -0.15) is 13.2 Å². The van der Waals surface area contributed by atoms with Crippen molar-refractivity contribution < 1.29 is 27.6 Å². The molecule has 0 heterocycles. The smallest absolute Gasteiger partial charge is 0.363 e. The van der Waals surface area contributed by atoms with Crippen molar-refractivity contribution >= 4 is 29.2 Å². The van der Waals surface area contributed by atoms with E-state index in [1.807, 2.05) is 0 Å². The molecule has 0 fully saturated rings. The van der Waals surface area contributed by atoms with Crippen molar-refractivity contribution in [3.05, 3.63) is 70.2 Å². The number of Topliss-reactive ketones (excluding diaryl/α,β-unsaturated/α-hetero) is 1. The highest BCUT2D eigenvalue weighted by molar-refractivity contribution is 6.38. The molecule has 0 radical (unpaired) electrons. The summed E-state index contributed by atoms with van der Waals surface area (Å²) >= 11 is 5.78. The second-order valence-corrected chi connectivity index (χ2v) is 6.01. The molecule has 0 bridgehead atoms. The topological polar surface area (TPSA) is 89.3 Å². The molecule has 0 aromatic heterocycles. The fraction of sp³-hybridized carbons (Fsp3) is 0.167. The SMILES string of the molecule is NC(=O)C(=O)[C@H](Cc1ccccc1)NC(=O)c1c(Cl)cccc1C(F)(F)F. The average Bonchev–Trinajstić information content (AvgIpc) is 2.60. The molecule has 0 aliphatic carbocycles. The highest BCUT2D eigenvalue weighted by Gasteiger charge is 2.37. The van der Waals surface area contributed by atoms with E-state index in [4.69, 9.17) is 17.3 Å². The largest absolute Gasteiger partial charge is 0.417 e. The average molecular weight is 399 g/mol. The van der Waals surface area contributed by atoms with Crippen LogP contribution < -0.4 is 11.1 Å². The number of nitrogens with two attached hydrogens (primary N) is 1. The maximum Gasteiger partial charge on any atom is 0.417 e. The van der Waals surface area contributed by atoms with Gasteiger partial charge in [-0.25, -0.2) is 0 Å². The Labute approximate surface area is 157 Å². The zero-order valence-corrected chi connectivity index (χ0v) is 14.5. The van der Waals surface area contributed by atoms with Crippen LogP contribution in [-0.2, 0) is 22.2 Å². The summed E-state index contributed by atoms with van der Waals surface area (Å²) < 4.78 is 39.5. The molecule has 2 rings (SSSR count). The molecule has 0 spiro atoms. The molecule has 0 unspecified atom stereocenters. The molecule has 2 aromatic rings. The van der Waals surface area contributed by atoms with E-state index in [9.17, 15) is 27.6 Å². The first-order valence-corrected chi connectivity index (χ1v) is 8.03. The van der Waals surface area contributed by atoms with Gasteiger partial charge in [-0.15, -0.1) is 0 Å². The van der Waals surface area contributed by atoms with Gasteiger partial charge in [0.1, 0.15) is 6.04 Å². The summed E-state index contributed by atoms with van der Waals surface area (Å²) in [6.45, 7) is 0. The Morgan fingerprint density at radius 3 is 2.22 bits per heavy atom. The summed E-state index contributed by atoms with van der Waals surface area (Å²) in [4.78, 5) is 35.8. The van der Waals surface area contributed by atoms with Crippen molar-refractivity contribution in [2.75, 3.05) is 0 Å². The molecule has 9 heteroatoms. The van der Waals surface area contributed by atoms with Gasteiger partial charge in [-0.3, -0.25) is 14.4 Å². The maximum atomic E-state index is 13.2. The second kappa shape index (κ2) is 8.22. The summed E-state index contributed by atoms with van der Waals surface area (Å²) in [5.74, 6) is -3.68. The molecule has 3 N–H and O–H groups in total. The number of hydrogen-bond acceptors (Lipinski definition) is 3. The number of alkyl halides is 3. The number of primary amides is 1. The van der Waals surface area contributed by atoms with Gasteiger partial charge >= 0.3 is 6.18 Å². The van der Waals surface area contributed by atoms with Crippen LogP contribution in [0.25, 0.3) is 0 Å². The molecule has 0 aliphatic rings. The van der Waals surface area contributed by atoms with Gasteiger partial charge in [0.15, 0.2) is 0 Å². The van der Waals surface area contributed by atoms with Gasteiger partial charge in [0, 0.05) is 6.42 Å². The Morgan fingerprint density at radius 2 is 1.67 bits per heavy atom. The van der Waals surface area contributed by atoms with Crippen molar-refractivity contribution in [3.8, 4) is 0 Å². The van der Waals surface area contributed by atoms with Gasteiger partial charge in [0.2, 0.25) is 5.78 Å². The van der Waals surface area contributed by atoms with E-state index in [1.165, 1.54) is 0 Å². The minimum atomic E-state index is -4.83. The lowest BCUT2D eigenvalue weighted by Gasteiger charge is -2.19. The molecular formula is C18H14ClF3N2O3. The molecule has 0 saturated carbocycles. The molecule has 0 saturated heterocycles. The van der Waals surface area contributed by atoms with E-state index in [2.05, 4.69) is 5.32 Å². The summed E-state index contributed by atoms with van der Waals surface area (Å²) in [5.41, 5.74) is 3.48. The van der Waals surface area contributed by atoms with Gasteiger partial charge in [0.25, 0.3) is 11.8 Å². The van der Waals surface area contributed by atoms with Crippen LogP contribution in [0, 0.1) is 0 Å². The normalized spacial score (nSPS) is 12.3. The number of carbonyl (C=O) groups is 3. The van der Waals surface area contributed by atoms with Crippen LogP contribution in [0.4, 0.5) is 13.2 Å². The Bertz CT molecular complexity index is 870. The van der Waals surface area contributed by atoms with Crippen molar-refractivity contribution in [1.29, 1.82) is 0 Å². The fourth-order valence-electron chi connectivity index (χ4n) is 2.45. The maximum absolute atomic E-state index is 13.2. The number of rotatable bonds is 6. The number of halogens is 4. The third-order valence-electron chi connectivity index (χ3n) is 3.69. The Hall–Kier alpha value is -2.87. The lowest BCUT2D eigenvalue weighted by atomic mass is 10.0. The fourth-order valence-corrected chi connectivity index (χ4v) is 2.71. The predicted octanol–water partition coefficient (Wildman–Crippen LogP) is 2.75. The van der Waals surface area contributed by atoms with E-state index in [1.54, 1.807) is 30.3 Å². The Morgan fingerprint density at radius 1 is 1.04 bits per heavy atom. The molecule has 142 valence electrons. The molecular weight excluding hydrogens is 385 g/mol. The lowest BCUT2D eigenvalue weighted by molar-refractivity contribution is -0.138. The third-order valence-corrected chi connectivity index (χ3v) is 4.01. The monoisotopic (exact) mass is 398 g/mol. The van der Waals surface area contributed by atoms with Crippen molar-refractivity contribution in [1.82, 2.24) is 5.32 Å². The van der Waals surface area contributed by atoms with Crippen LogP contribution in [0.2, 0.25) is 5.02 Å². The summed E-state index contributed by atoms with van der Waals surface area (Å²) in [5, 5.41) is 1.70. The Kier molecular flexibility index (Phi) is 6.22. The van der Waals surface area contributed by atoms with Crippen LogP contribution in [0.5, 0.6) is 0 Å². The van der Waals surface area contributed by atoms with Gasteiger partial charge in [-0.05, 0) is 17.7 Å². The van der Waals surface area contributed by atoms with Crippen molar-refractivity contribution in [2.24, 2.45) is 5.73 Å². The van der Waals surface area contributed by atoms with Crippen molar-refractivity contribution in [3.63, 3.8) is 0 Å². The van der Waals surface area contributed by atoms with Crippen LogP contribution in [0.1, 0.15) is 21.5 Å². The van der Waals surface area contributed by atoms with E-state index < -0.39 is 46.0 Å². The van der Waals surface area contributed by atoms with E-state index >= 15 is 0 Å². The summed E-state index contributed by atoms with van der Waals surface area (Å²) in [7, 11) is 0. The molecule has 5 nitrogen and oxygen atoms in total. The van der Waals surface area contributed by atoms with Crippen LogP contribution >= 0.6 is 11.6 Å². The lowest BCUT2D eigenvalue weighted by Crippen LogP contribution is -2.47. The van der Waals surface area contributed by atoms with E-state index in [0.29, 0.717) is 11.6 Å². The second-order valence-electron chi connectivity index (χ2n) is 5.60. The zero-order chi connectivity index (χ0) is 20.2. The van der Waals surface area contributed by atoms with Gasteiger partial charge < -0.3 is 11.1 Å². The van der Waals surface area contributed by atoms with Crippen LogP contribution in [-0.4, -0.2) is 23.6 Å². The standard InChI is InChI=1S/C18H14ClF3N2O3/c19-12-8-4-7-11(18(20,21)22)14(12)17(27)24-13(15(25)16(23)26)9-10-5-2-1-3-6-10/h1-8,13H,9H2,(H2,23,26)(H,24,27)/t13-/m0/s1. The van der Waals surface area contributed by atoms with Crippen LogP contribution in [0.3, 0.4) is 0 Å². The predicted molar refractivity (Wildman–Crippen MR) is 92.1 cm³/mol. The zero-order valence-electron chi connectivity index (χ0n) is 13.7. The van der Waals surface area contributed by atoms with E-state index in [0.717, 1.165) is 12.1 Å². The first kappa shape index (κ1) is 20.4. The molecule has 27 heavy (non-hydrogen) atoms. The summed E-state index contributed by atoms with van der Waals surface area (Å²) in [6, 6.07) is 9.74. The third kappa shape index (κ3) is 5.07. The number of nitrogens with one attached hydrogen (secondary N) is 1. The number of hydrogen-bond donors (Lipinski definition) is 2. The minimum absolute atomic E-state index is 0.125. The highest BCUT2D eigenvalue weighted by atomic mass is 35.5. The molecule has 0 aliphatic heterocycles. The molecule has 1 atom stereocenters. The Balaban J connectivity index is 2.37. The van der Waals surface area contributed by atoms with Gasteiger partial charge in [0.05, 0.1) is 16.1 Å². The summed E-state index contributed by atoms with van der Waals surface area (Å²) in [6.07, 6.45) is -4.96. The van der Waals surface area contributed by atoms with Gasteiger partial charge in [-0.1, -0.05) is 48.0 Å². The highest BCUT2D eigenvalue weighted by Crippen LogP contribution is 2.35. The molecule has 2 aromatic carbocycles.